The third-order valence-electron chi connectivity index (χ3n) is 4.41. The molecule has 6 heteroatoms. The van der Waals surface area contributed by atoms with Crippen molar-refractivity contribution in [1.82, 2.24) is 10.2 Å². The fourth-order valence-corrected chi connectivity index (χ4v) is 2.99. The van der Waals surface area contributed by atoms with Crippen LogP contribution in [0.2, 0.25) is 0 Å². The quantitative estimate of drug-likeness (QED) is 0.811. The first-order valence-corrected chi connectivity index (χ1v) is 8.47. The maximum absolute atomic E-state index is 12.9. The average molecular weight is 354 g/mol. The van der Waals surface area contributed by atoms with E-state index in [-0.39, 0.29) is 42.5 Å². The van der Waals surface area contributed by atoms with Crippen LogP contribution in [0.15, 0.2) is 48.5 Å². The second kappa shape index (κ2) is 7.47. The second-order valence-electron chi connectivity index (χ2n) is 6.25. The molecule has 2 aromatic carbocycles. The zero-order valence-electron chi connectivity index (χ0n) is 14.4. The third-order valence-corrected chi connectivity index (χ3v) is 4.41. The first kappa shape index (κ1) is 17.8. The van der Waals surface area contributed by atoms with Crippen molar-refractivity contribution in [2.45, 2.75) is 25.8 Å². The highest BCUT2D eigenvalue weighted by molar-refractivity contribution is 6.21. The number of carbonyl (C=O) groups excluding carboxylic acids is 3. The molecule has 1 N–H and O–H groups in total. The number of carbonyl (C=O) groups is 3. The van der Waals surface area contributed by atoms with E-state index in [1.165, 1.54) is 17.0 Å². The minimum atomic E-state index is -0.326. The van der Waals surface area contributed by atoms with Gasteiger partial charge in [0.1, 0.15) is 5.82 Å². The number of nitrogens with zero attached hydrogens (tertiary/aromatic N) is 1. The number of amides is 3. The summed E-state index contributed by atoms with van der Waals surface area (Å²) in [6.07, 6.45) is 0.576. The number of nitrogens with one attached hydrogen (secondary N) is 1. The van der Waals surface area contributed by atoms with Crippen molar-refractivity contribution in [3.05, 3.63) is 71.0 Å². The van der Waals surface area contributed by atoms with Crippen LogP contribution in [0, 0.1) is 5.82 Å². The Bertz CT molecular complexity index is 813. The zero-order chi connectivity index (χ0) is 18.7. The lowest BCUT2D eigenvalue weighted by molar-refractivity contribution is -0.121. The van der Waals surface area contributed by atoms with E-state index < -0.39 is 0 Å². The van der Waals surface area contributed by atoms with Gasteiger partial charge in [0.05, 0.1) is 17.2 Å². The van der Waals surface area contributed by atoms with Crippen LogP contribution in [0.5, 0.6) is 0 Å². The van der Waals surface area contributed by atoms with E-state index in [0.29, 0.717) is 17.5 Å². The van der Waals surface area contributed by atoms with E-state index >= 15 is 0 Å². The van der Waals surface area contributed by atoms with E-state index in [4.69, 9.17) is 0 Å². The van der Waals surface area contributed by atoms with Gasteiger partial charge in [0, 0.05) is 13.0 Å². The molecule has 1 aliphatic rings. The number of hydrogen-bond donors (Lipinski definition) is 1. The van der Waals surface area contributed by atoms with Gasteiger partial charge in [0.25, 0.3) is 11.8 Å². The Balaban J connectivity index is 1.49. The molecule has 0 spiro atoms. The van der Waals surface area contributed by atoms with Crippen molar-refractivity contribution in [3.8, 4) is 0 Å². The summed E-state index contributed by atoms with van der Waals surface area (Å²) in [7, 11) is 0. The molecule has 1 aliphatic heterocycles. The van der Waals surface area contributed by atoms with Crippen LogP contribution in [-0.4, -0.2) is 29.2 Å². The Labute approximate surface area is 150 Å². The van der Waals surface area contributed by atoms with Crippen LogP contribution in [-0.2, 0) is 4.79 Å². The fraction of sp³-hybridized carbons (Fsp3) is 0.250. The molecule has 0 saturated heterocycles. The monoisotopic (exact) mass is 354 g/mol. The lowest BCUT2D eigenvalue weighted by Crippen LogP contribution is -2.32. The minimum Gasteiger partial charge on any atom is -0.350 e. The molecule has 0 aliphatic carbocycles. The summed E-state index contributed by atoms with van der Waals surface area (Å²) in [5.74, 6) is -1.14. The molecule has 0 unspecified atom stereocenters. The highest BCUT2D eigenvalue weighted by Crippen LogP contribution is 2.22. The molecule has 0 saturated carbocycles. The predicted octanol–water partition coefficient (Wildman–Crippen LogP) is 3.08. The molecule has 1 atom stereocenters. The molecule has 1 heterocycles. The van der Waals surface area contributed by atoms with Crippen molar-refractivity contribution in [3.63, 3.8) is 0 Å². The Morgan fingerprint density at radius 1 is 1.04 bits per heavy atom. The molecule has 5 nitrogen and oxygen atoms in total. The maximum atomic E-state index is 12.9. The highest BCUT2D eigenvalue weighted by atomic mass is 19.1. The van der Waals surface area contributed by atoms with Crippen LogP contribution in [0.1, 0.15) is 52.1 Å². The van der Waals surface area contributed by atoms with Crippen LogP contribution in [0.25, 0.3) is 0 Å². The molecular weight excluding hydrogens is 335 g/mol. The molecule has 0 radical (unpaired) electrons. The van der Waals surface area contributed by atoms with E-state index in [1.807, 2.05) is 6.92 Å². The van der Waals surface area contributed by atoms with Gasteiger partial charge in [0.15, 0.2) is 0 Å². The molecule has 3 rings (SSSR count). The van der Waals surface area contributed by atoms with Gasteiger partial charge >= 0.3 is 0 Å². The third kappa shape index (κ3) is 3.64. The Hall–Kier alpha value is -3.02. The van der Waals surface area contributed by atoms with Crippen LogP contribution < -0.4 is 5.32 Å². The van der Waals surface area contributed by atoms with Gasteiger partial charge in [-0.2, -0.15) is 0 Å². The van der Waals surface area contributed by atoms with Crippen molar-refractivity contribution in [2.75, 3.05) is 6.54 Å². The number of benzene rings is 2. The molecule has 0 fully saturated rings. The molecule has 134 valence electrons. The summed E-state index contributed by atoms with van der Waals surface area (Å²) in [6, 6.07) is 12.4. The Kier molecular flexibility index (Phi) is 5.11. The van der Waals surface area contributed by atoms with Crippen molar-refractivity contribution >= 4 is 17.7 Å². The normalized spacial score (nSPS) is 14.3. The minimum absolute atomic E-state index is 0.182. The second-order valence-corrected chi connectivity index (χ2v) is 6.25. The van der Waals surface area contributed by atoms with Gasteiger partial charge in [-0.25, -0.2) is 4.39 Å². The molecular formula is C20H19FN2O3. The van der Waals surface area contributed by atoms with Crippen LogP contribution in [0.4, 0.5) is 4.39 Å². The number of halogens is 1. The lowest BCUT2D eigenvalue weighted by atomic mass is 10.1. The largest absolute Gasteiger partial charge is 0.350 e. The molecule has 3 amide bonds. The summed E-state index contributed by atoms with van der Waals surface area (Å²) in [6.45, 7) is 2.01. The maximum Gasteiger partial charge on any atom is 0.261 e. The summed E-state index contributed by atoms with van der Waals surface area (Å²) >= 11 is 0. The van der Waals surface area contributed by atoms with E-state index in [9.17, 15) is 18.8 Å². The van der Waals surface area contributed by atoms with Gasteiger partial charge < -0.3 is 5.32 Å². The summed E-state index contributed by atoms with van der Waals surface area (Å²) in [4.78, 5) is 37.8. The SMILES string of the molecule is C[C@@H](NC(=O)CCCN1C(=O)c2ccccc2C1=O)c1ccc(F)cc1. The smallest absolute Gasteiger partial charge is 0.261 e. The van der Waals surface area contributed by atoms with E-state index in [2.05, 4.69) is 5.32 Å². The average Bonchev–Trinajstić information content (AvgIpc) is 2.87. The predicted molar refractivity (Wildman–Crippen MR) is 94.0 cm³/mol. The summed E-state index contributed by atoms with van der Waals surface area (Å²) < 4.78 is 12.9. The van der Waals surface area contributed by atoms with E-state index in [1.54, 1.807) is 36.4 Å². The number of imide groups is 1. The van der Waals surface area contributed by atoms with Gasteiger partial charge in [-0.3, -0.25) is 19.3 Å². The van der Waals surface area contributed by atoms with Crippen molar-refractivity contribution < 1.29 is 18.8 Å². The lowest BCUT2D eigenvalue weighted by Gasteiger charge is -2.16. The van der Waals surface area contributed by atoms with Crippen LogP contribution >= 0.6 is 0 Å². The van der Waals surface area contributed by atoms with E-state index in [0.717, 1.165) is 5.56 Å². The zero-order valence-corrected chi connectivity index (χ0v) is 14.4. The summed E-state index contributed by atoms with van der Waals surface area (Å²) in [5.41, 5.74) is 1.62. The molecule has 0 aromatic heterocycles. The van der Waals surface area contributed by atoms with Crippen molar-refractivity contribution in [2.24, 2.45) is 0 Å². The van der Waals surface area contributed by atoms with Gasteiger partial charge in [-0.15, -0.1) is 0 Å². The molecule has 0 bridgehead atoms. The first-order valence-electron chi connectivity index (χ1n) is 8.47. The number of rotatable bonds is 6. The molecule has 26 heavy (non-hydrogen) atoms. The summed E-state index contributed by atoms with van der Waals surface area (Å²) in [5, 5.41) is 2.83. The number of fused-ring (bicyclic) bond motifs is 1. The van der Waals surface area contributed by atoms with Gasteiger partial charge in [-0.05, 0) is 43.2 Å². The first-order chi connectivity index (χ1) is 12.5. The van der Waals surface area contributed by atoms with Crippen molar-refractivity contribution in [1.29, 1.82) is 0 Å². The number of hydrogen-bond acceptors (Lipinski definition) is 3. The molecule has 2 aromatic rings. The fourth-order valence-electron chi connectivity index (χ4n) is 2.99. The Morgan fingerprint density at radius 3 is 2.19 bits per heavy atom. The topological polar surface area (TPSA) is 66.5 Å². The van der Waals surface area contributed by atoms with Crippen LogP contribution in [0.3, 0.4) is 0 Å². The van der Waals surface area contributed by atoms with Gasteiger partial charge in [-0.1, -0.05) is 24.3 Å². The van der Waals surface area contributed by atoms with Gasteiger partial charge in [0.2, 0.25) is 5.91 Å². The standard InChI is InChI=1S/C20H19FN2O3/c1-13(14-8-10-15(21)11-9-14)22-18(24)7-4-12-23-19(25)16-5-2-3-6-17(16)20(23)26/h2-3,5-6,8-11,13H,4,7,12H2,1H3,(H,22,24)/t13-/m1/s1. The Morgan fingerprint density at radius 2 is 1.62 bits per heavy atom. The highest BCUT2D eigenvalue weighted by Gasteiger charge is 2.34.